The van der Waals surface area contributed by atoms with E-state index >= 15 is 0 Å². The number of benzene rings is 4. The quantitative estimate of drug-likeness (QED) is 0.200. The molecule has 1 aliphatic rings. The zero-order valence-corrected chi connectivity index (χ0v) is 26.4. The first-order valence-electron chi connectivity index (χ1n) is 14.4. The van der Waals surface area contributed by atoms with E-state index in [9.17, 15) is 23.1 Å². The van der Waals surface area contributed by atoms with Crippen LogP contribution in [0.15, 0.2) is 107 Å². The summed E-state index contributed by atoms with van der Waals surface area (Å²) in [4.78, 5) is 33.7. The summed E-state index contributed by atoms with van der Waals surface area (Å²) in [5.41, 5.74) is 3.72. The molecule has 46 heavy (non-hydrogen) atoms. The van der Waals surface area contributed by atoms with Gasteiger partial charge in [-0.3, -0.25) is 9.52 Å². The van der Waals surface area contributed by atoms with Crippen molar-refractivity contribution in [2.45, 2.75) is 4.90 Å². The fourth-order valence-corrected chi connectivity index (χ4v) is 7.16. The molecule has 0 aliphatic carbocycles. The van der Waals surface area contributed by atoms with E-state index in [-0.39, 0.29) is 27.6 Å². The number of rotatable bonds is 9. The van der Waals surface area contributed by atoms with Crippen molar-refractivity contribution in [2.75, 3.05) is 42.9 Å². The lowest BCUT2D eigenvalue weighted by Crippen LogP contribution is -2.49. The average molecular weight is 655 g/mol. The van der Waals surface area contributed by atoms with E-state index in [1.54, 1.807) is 52.6 Å². The minimum atomic E-state index is -4.10. The highest BCUT2D eigenvalue weighted by atomic mass is 32.2. The first kappa shape index (κ1) is 30.8. The number of hydrogen-bond acceptors (Lipinski definition) is 8. The lowest BCUT2D eigenvalue weighted by atomic mass is 10.0. The molecular formula is C34H30N4O6S2. The number of carbonyl (C=O) groups is 2. The van der Waals surface area contributed by atoms with E-state index in [0.717, 1.165) is 16.4 Å². The highest BCUT2D eigenvalue weighted by Gasteiger charge is 2.27. The number of nitrogens with zero attached hydrogens (tertiary/aromatic N) is 3. The van der Waals surface area contributed by atoms with Crippen LogP contribution in [0.5, 0.6) is 5.75 Å². The van der Waals surface area contributed by atoms with Crippen molar-refractivity contribution < 1.29 is 27.9 Å². The maximum absolute atomic E-state index is 13.7. The fraction of sp³-hybridized carbons (Fsp3) is 0.147. The van der Waals surface area contributed by atoms with Gasteiger partial charge in [0.15, 0.2) is 5.13 Å². The van der Waals surface area contributed by atoms with Crippen molar-refractivity contribution in [3.8, 4) is 28.1 Å². The monoisotopic (exact) mass is 654 g/mol. The van der Waals surface area contributed by atoms with Crippen LogP contribution < -0.4 is 14.4 Å². The summed E-state index contributed by atoms with van der Waals surface area (Å²) in [5, 5.41) is 12.2. The molecule has 10 nitrogen and oxygen atoms in total. The second-order valence-corrected chi connectivity index (χ2v) is 13.1. The molecule has 0 spiro atoms. The molecule has 0 bridgehead atoms. The van der Waals surface area contributed by atoms with Gasteiger partial charge in [-0.1, -0.05) is 54.6 Å². The van der Waals surface area contributed by atoms with Gasteiger partial charge in [0, 0.05) is 43.2 Å². The van der Waals surface area contributed by atoms with E-state index in [0.29, 0.717) is 43.1 Å². The third-order valence-corrected chi connectivity index (χ3v) is 9.99. The second-order valence-electron chi connectivity index (χ2n) is 10.6. The van der Waals surface area contributed by atoms with Crippen molar-refractivity contribution >= 4 is 44.1 Å². The SMILES string of the molecule is COc1ccc(C(=O)N2CCN(c3nc(-c4ccccc4)cs3)CC2)c(NS(=O)(=O)c2ccc(-c3cccc(C(=O)O)c3)cc2)c1. The van der Waals surface area contributed by atoms with Gasteiger partial charge in [0.25, 0.3) is 15.9 Å². The second kappa shape index (κ2) is 13.0. The van der Waals surface area contributed by atoms with E-state index < -0.39 is 16.0 Å². The third kappa shape index (κ3) is 6.58. The number of amides is 1. The van der Waals surface area contributed by atoms with E-state index in [4.69, 9.17) is 9.72 Å². The van der Waals surface area contributed by atoms with Crippen molar-refractivity contribution in [2.24, 2.45) is 0 Å². The van der Waals surface area contributed by atoms with Gasteiger partial charge in [-0.15, -0.1) is 11.3 Å². The van der Waals surface area contributed by atoms with Crippen LogP contribution in [-0.4, -0.2) is 68.6 Å². The number of piperazine rings is 1. The smallest absolute Gasteiger partial charge is 0.335 e. The zero-order valence-electron chi connectivity index (χ0n) is 24.8. The summed E-state index contributed by atoms with van der Waals surface area (Å²) in [6.07, 6.45) is 0. The number of anilines is 2. The van der Waals surface area contributed by atoms with Gasteiger partial charge in [-0.2, -0.15) is 0 Å². The number of carboxylic acids is 1. The van der Waals surface area contributed by atoms with Crippen molar-refractivity contribution in [1.82, 2.24) is 9.88 Å². The highest BCUT2D eigenvalue weighted by molar-refractivity contribution is 7.92. The Morgan fingerprint density at radius 1 is 0.848 bits per heavy atom. The van der Waals surface area contributed by atoms with Crippen LogP contribution in [0.25, 0.3) is 22.4 Å². The summed E-state index contributed by atoms with van der Waals surface area (Å²) >= 11 is 1.57. The number of thiazole rings is 1. The van der Waals surface area contributed by atoms with Crippen LogP contribution in [0, 0.1) is 0 Å². The number of hydrogen-bond donors (Lipinski definition) is 2. The van der Waals surface area contributed by atoms with Crippen LogP contribution in [0.2, 0.25) is 0 Å². The molecule has 4 aromatic carbocycles. The molecule has 2 heterocycles. The summed E-state index contributed by atoms with van der Waals surface area (Å²) in [7, 11) is -2.63. The number of aromatic carboxylic acids is 1. The van der Waals surface area contributed by atoms with Crippen molar-refractivity contribution in [3.63, 3.8) is 0 Å². The molecule has 1 saturated heterocycles. The predicted molar refractivity (Wildman–Crippen MR) is 178 cm³/mol. The molecule has 0 unspecified atom stereocenters. The van der Waals surface area contributed by atoms with Gasteiger partial charge in [0.05, 0.1) is 34.5 Å². The Balaban J connectivity index is 1.17. The Bertz CT molecular complexity index is 1990. The third-order valence-electron chi connectivity index (χ3n) is 7.71. The minimum absolute atomic E-state index is 0.0150. The van der Waals surface area contributed by atoms with Crippen LogP contribution >= 0.6 is 11.3 Å². The summed E-state index contributed by atoms with van der Waals surface area (Å²) < 4.78 is 34.9. The number of sulfonamides is 1. The molecule has 6 rings (SSSR count). The number of methoxy groups -OCH3 is 1. The van der Waals surface area contributed by atoms with Crippen LogP contribution in [0.4, 0.5) is 10.8 Å². The molecule has 0 radical (unpaired) electrons. The Labute approximate surface area is 270 Å². The van der Waals surface area contributed by atoms with Gasteiger partial charge >= 0.3 is 5.97 Å². The lowest BCUT2D eigenvalue weighted by molar-refractivity contribution is 0.0695. The molecule has 1 fully saturated rings. The Hall–Kier alpha value is -5.20. The van der Waals surface area contributed by atoms with E-state index in [1.165, 1.54) is 37.4 Å². The van der Waals surface area contributed by atoms with Gasteiger partial charge in [0.2, 0.25) is 0 Å². The first-order chi connectivity index (χ1) is 22.2. The molecule has 5 aromatic rings. The van der Waals surface area contributed by atoms with Gasteiger partial charge < -0.3 is 19.6 Å². The normalized spacial score (nSPS) is 13.3. The Morgan fingerprint density at radius 3 is 2.26 bits per heavy atom. The zero-order chi connectivity index (χ0) is 32.3. The standard InChI is InChI=1S/C34H30N4O6S2/c1-44-27-12-15-29(32(39)37-16-18-38(19-17-37)34-35-31(22-45-34)24-6-3-2-4-7-24)30(21-27)36-46(42,43)28-13-10-23(11-14-28)25-8-5-9-26(20-25)33(40)41/h2-15,20-22,36H,16-19H2,1H3,(H,40,41). The molecule has 1 amide bonds. The molecule has 0 saturated carbocycles. The van der Waals surface area contributed by atoms with E-state index in [2.05, 4.69) is 9.62 Å². The van der Waals surface area contributed by atoms with Crippen molar-refractivity contribution in [3.05, 3.63) is 114 Å². The number of carboxylic acid groups (broad SMARTS) is 1. The Morgan fingerprint density at radius 2 is 1.57 bits per heavy atom. The Kier molecular flexibility index (Phi) is 8.73. The molecular weight excluding hydrogens is 625 g/mol. The number of nitrogens with one attached hydrogen (secondary N) is 1. The van der Waals surface area contributed by atoms with Crippen LogP contribution in [0.3, 0.4) is 0 Å². The molecule has 1 aliphatic heterocycles. The van der Waals surface area contributed by atoms with Crippen LogP contribution in [0.1, 0.15) is 20.7 Å². The van der Waals surface area contributed by atoms with Gasteiger partial charge in [-0.05, 0) is 47.5 Å². The molecule has 2 N–H and O–H groups in total. The number of carbonyl (C=O) groups excluding carboxylic acids is 1. The fourth-order valence-electron chi connectivity index (χ4n) is 5.21. The predicted octanol–water partition coefficient (Wildman–Crippen LogP) is 5.95. The first-order valence-corrected chi connectivity index (χ1v) is 16.8. The average Bonchev–Trinajstić information content (AvgIpc) is 3.59. The minimum Gasteiger partial charge on any atom is -0.497 e. The van der Waals surface area contributed by atoms with Crippen molar-refractivity contribution in [1.29, 1.82) is 0 Å². The summed E-state index contributed by atoms with van der Waals surface area (Å²) in [5.74, 6) is -0.948. The molecule has 0 atom stereocenters. The largest absolute Gasteiger partial charge is 0.497 e. The van der Waals surface area contributed by atoms with Crippen LogP contribution in [-0.2, 0) is 10.0 Å². The lowest BCUT2D eigenvalue weighted by Gasteiger charge is -2.35. The summed E-state index contributed by atoms with van der Waals surface area (Å²) in [6.45, 7) is 2.07. The maximum Gasteiger partial charge on any atom is 0.335 e. The number of ether oxygens (including phenoxy) is 1. The van der Waals surface area contributed by atoms with E-state index in [1.807, 2.05) is 35.7 Å². The maximum atomic E-state index is 13.7. The van der Waals surface area contributed by atoms with Gasteiger partial charge in [-0.25, -0.2) is 18.2 Å². The van der Waals surface area contributed by atoms with Gasteiger partial charge in [0.1, 0.15) is 5.75 Å². The topological polar surface area (TPSA) is 129 Å². The molecule has 234 valence electrons. The molecule has 12 heteroatoms. The highest BCUT2D eigenvalue weighted by Crippen LogP contribution is 2.30. The molecule has 1 aromatic heterocycles. The summed E-state index contributed by atoms with van der Waals surface area (Å²) in [6, 6.07) is 27.2. The number of aromatic nitrogens is 1.